The lowest BCUT2D eigenvalue weighted by molar-refractivity contribution is 0.0950. The summed E-state index contributed by atoms with van der Waals surface area (Å²) in [5.74, 6) is 6.86. The van der Waals surface area contributed by atoms with Gasteiger partial charge in [0.1, 0.15) is 0 Å². The standard InChI is InChI=1S/C15H24N4O/c1-11-3-2-4-12(9-11)5-8-18-15(20)13-10-17-7-6-14(13)19-16/h6-7,10-12H,2-5,8-9,16H2,1H3,(H,17,19)(H,18,20). The van der Waals surface area contributed by atoms with Gasteiger partial charge in [0.2, 0.25) is 0 Å². The van der Waals surface area contributed by atoms with Crippen molar-refractivity contribution in [2.45, 2.75) is 39.0 Å². The number of nitrogens with zero attached hydrogens (tertiary/aromatic N) is 1. The van der Waals surface area contributed by atoms with Gasteiger partial charge in [-0.15, -0.1) is 0 Å². The predicted octanol–water partition coefficient (Wildman–Crippen LogP) is 2.31. The van der Waals surface area contributed by atoms with Crippen LogP contribution in [0.4, 0.5) is 5.69 Å². The molecule has 0 saturated heterocycles. The Morgan fingerprint density at radius 3 is 3.10 bits per heavy atom. The number of amides is 1. The maximum Gasteiger partial charge on any atom is 0.255 e. The van der Waals surface area contributed by atoms with Gasteiger partial charge in [-0.05, 0) is 30.7 Å². The highest BCUT2D eigenvalue weighted by molar-refractivity contribution is 5.99. The molecule has 0 radical (unpaired) electrons. The highest BCUT2D eigenvalue weighted by Gasteiger charge is 2.19. The van der Waals surface area contributed by atoms with Crippen LogP contribution in [-0.4, -0.2) is 17.4 Å². The summed E-state index contributed by atoms with van der Waals surface area (Å²) in [5.41, 5.74) is 3.61. The number of nitrogens with two attached hydrogens (primary N) is 1. The minimum atomic E-state index is -0.116. The highest BCUT2D eigenvalue weighted by atomic mass is 16.1. The second-order valence-electron chi connectivity index (χ2n) is 5.75. The highest BCUT2D eigenvalue weighted by Crippen LogP contribution is 2.30. The molecule has 4 N–H and O–H groups in total. The SMILES string of the molecule is CC1CCCC(CCNC(=O)c2cnccc2NN)C1. The number of hydrogen-bond acceptors (Lipinski definition) is 4. The lowest BCUT2D eigenvalue weighted by Gasteiger charge is -2.26. The van der Waals surface area contributed by atoms with Gasteiger partial charge in [-0.25, -0.2) is 0 Å². The summed E-state index contributed by atoms with van der Waals surface area (Å²) in [5, 5.41) is 2.96. The van der Waals surface area contributed by atoms with Crippen molar-refractivity contribution in [3.05, 3.63) is 24.0 Å². The monoisotopic (exact) mass is 276 g/mol. The normalized spacial score (nSPS) is 22.3. The molecule has 1 saturated carbocycles. The minimum absolute atomic E-state index is 0.116. The number of rotatable bonds is 5. The van der Waals surface area contributed by atoms with Crippen LogP contribution in [0.1, 0.15) is 49.4 Å². The van der Waals surface area contributed by atoms with Crippen molar-refractivity contribution < 1.29 is 4.79 Å². The Balaban J connectivity index is 1.80. The second kappa shape index (κ2) is 7.24. The fourth-order valence-corrected chi connectivity index (χ4v) is 3.01. The largest absolute Gasteiger partial charge is 0.352 e. The molecular formula is C15H24N4O. The van der Waals surface area contributed by atoms with Crippen LogP contribution in [0.25, 0.3) is 0 Å². The molecular weight excluding hydrogens is 252 g/mol. The van der Waals surface area contributed by atoms with E-state index in [0.717, 1.165) is 24.8 Å². The summed E-state index contributed by atoms with van der Waals surface area (Å²) in [6, 6.07) is 1.69. The second-order valence-corrected chi connectivity index (χ2v) is 5.75. The molecule has 1 aliphatic carbocycles. The van der Waals surface area contributed by atoms with Crippen LogP contribution in [0.5, 0.6) is 0 Å². The molecule has 2 atom stereocenters. The van der Waals surface area contributed by atoms with Gasteiger partial charge in [0.15, 0.2) is 0 Å². The van der Waals surface area contributed by atoms with E-state index in [1.807, 2.05) is 0 Å². The summed E-state index contributed by atoms with van der Waals surface area (Å²) in [6.45, 7) is 3.04. The number of hydrogen-bond donors (Lipinski definition) is 3. The van der Waals surface area contributed by atoms with Crippen molar-refractivity contribution in [2.75, 3.05) is 12.0 Å². The molecule has 0 aliphatic heterocycles. The van der Waals surface area contributed by atoms with Crippen LogP contribution >= 0.6 is 0 Å². The van der Waals surface area contributed by atoms with Crippen LogP contribution in [-0.2, 0) is 0 Å². The Morgan fingerprint density at radius 1 is 1.50 bits per heavy atom. The van der Waals surface area contributed by atoms with Crippen molar-refractivity contribution in [1.29, 1.82) is 0 Å². The number of pyridine rings is 1. The summed E-state index contributed by atoms with van der Waals surface area (Å²) in [6.07, 6.45) is 9.46. The summed E-state index contributed by atoms with van der Waals surface area (Å²) >= 11 is 0. The topological polar surface area (TPSA) is 80.0 Å². The molecule has 0 aromatic carbocycles. The van der Waals surface area contributed by atoms with Crippen molar-refractivity contribution >= 4 is 11.6 Å². The fraction of sp³-hybridized carbons (Fsp3) is 0.600. The molecule has 110 valence electrons. The molecule has 1 aliphatic rings. The smallest absolute Gasteiger partial charge is 0.255 e. The molecule has 5 heteroatoms. The Morgan fingerprint density at radius 2 is 2.35 bits per heavy atom. The van der Waals surface area contributed by atoms with Crippen molar-refractivity contribution in [1.82, 2.24) is 10.3 Å². The molecule has 0 spiro atoms. The third-order valence-electron chi connectivity index (χ3n) is 4.10. The van der Waals surface area contributed by atoms with Crippen LogP contribution in [0.3, 0.4) is 0 Å². The van der Waals surface area contributed by atoms with E-state index in [2.05, 4.69) is 22.7 Å². The van der Waals surface area contributed by atoms with E-state index in [1.165, 1.54) is 31.9 Å². The molecule has 1 amide bonds. The van der Waals surface area contributed by atoms with Crippen LogP contribution < -0.4 is 16.6 Å². The quantitative estimate of drug-likeness (QED) is 0.569. The molecule has 2 unspecified atom stereocenters. The van der Waals surface area contributed by atoms with E-state index in [1.54, 1.807) is 12.3 Å². The Bertz CT molecular complexity index is 449. The van der Waals surface area contributed by atoms with Gasteiger partial charge in [-0.3, -0.25) is 15.6 Å². The molecule has 2 rings (SSSR count). The van der Waals surface area contributed by atoms with E-state index in [-0.39, 0.29) is 5.91 Å². The number of hydrazine groups is 1. The predicted molar refractivity (Wildman–Crippen MR) is 80.1 cm³/mol. The molecule has 1 fully saturated rings. The number of nitrogens with one attached hydrogen (secondary N) is 2. The summed E-state index contributed by atoms with van der Waals surface area (Å²) in [7, 11) is 0. The first-order valence-corrected chi connectivity index (χ1v) is 7.39. The number of anilines is 1. The fourth-order valence-electron chi connectivity index (χ4n) is 3.01. The first-order valence-electron chi connectivity index (χ1n) is 7.39. The average Bonchev–Trinajstić information content (AvgIpc) is 2.47. The Kier molecular flexibility index (Phi) is 5.35. The number of aromatic nitrogens is 1. The van der Waals surface area contributed by atoms with Gasteiger partial charge < -0.3 is 10.7 Å². The van der Waals surface area contributed by atoms with Gasteiger partial charge in [0.05, 0.1) is 11.3 Å². The van der Waals surface area contributed by atoms with E-state index in [4.69, 9.17) is 5.84 Å². The van der Waals surface area contributed by atoms with Gasteiger partial charge >= 0.3 is 0 Å². The third-order valence-corrected chi connectivity index (χ3v) is 4.10. The maximum absolute atomic E-state index is 12.1. The molecule has 1 heterocycles. The van der Waals surface area contributed by atoms with E-state index >= 15 is 0 Å². The Hall–Kier alpha value is -1.62. The van der Waals surface area contributed by atoms with E-state index in [0.29, 0.717) is 11.3 Å². The molecule has 20 heavy (non-hydrogen) atoms. The van der Waals surface area contributed by atoms with Crippen LogP contribution in [0.2, 0.25) is 0 Å². The number of carbonyl (C=O) groups excluding carboxylic acids is 1. The first-order chi connectivity index (χ1) is 9.70. The molecule has 5 nitrogen and oxygen atoms in total. The minimum Gasteiger partial charge on any atom is -0.352 e. The zero-order chi connectivity index (χ0) is 14.4. The van der Waals surface area contributed by atoms with Crippen molar-refractivity contribution in [2.24, 2.45) is 17.7 Å². The van der Waals surface area contributed by atoms with E-state index in [9.17, 15) is 4.79 Å². The van der Waals surface area contributed by atoms with Crippen molar-refractivity contribution in [3.8, 4) is 0 Å². The average molecular weight is 276 g/mol. The van der Waals surface area contributed by atoms with Gasteiger partial charge in [0.25, 0.3) is 5.91 Å². The van der Waals surface area contributed by atoms with Gasteiger partial charge in [-0.1, -0.05) is 26.2 Å². The number of nitrogen functional groups attached to an aromatic ring is 1. The van der Waals surface area contributed by atoms with E-state index < -0.39 is 0 Å². The Labute approximate surface area is 120 Å². The maximum atomic E-state index is 12.1. The zero-order valence-electron chi connectivity index (χ0n) is 12.1. The van der Waals surface area contributed by atoms with Crippen LogP contribution in [0, 0.1) is 11.8 Å². The lowest BCUT2D eigenvalue weighted by atomic mass is 9.81. The van der Waals surface area contributed by atoms with Gasteiger partial charge in [-0.2, -0.15) is 0 Å². The summed E-state index contributed by atoms with van der Waals surface area (Å²) in [4.78, 5) is 16.0. The lowest BCUT2D eigenvalue weighted by Crippen LogP contribution is -2.28. The molecule has 1 aromatic rings. The van der Waals surface area contributed by atoms with Crippen molar-refractivity contribution in [3.63, 3.8) is 0 Å². The zero-order valence-corrected chi connectivity index (χ0v) is 12.1. The van der Waals surface area contributed by atoms with Gasteiger partial charge in [0, 0.05) is 18.9 Å². The summed E-state index contributed by atoms with van der Waals surface area (Å²) < 4.78 is 0. The number of carbonyl (C=O) groups is 1. The molecule has 1 aromatic heterocycles. The first kappa shape index (κ1) is 14.8. The van der Waals surface area contributed by atoms with Crippen LogP contribution in [0.15, 0.2) is 18.5 Å². The third kappa shape index (κ3) is 3.93. The molecule has 0 bridgehead atoms.